The van der Waals surface area contributed by atoms with Gasteiger partial charge in [0.05, 0.1) is 24.4 Å². The third kappa shape index (κ3) is 3.59. The molecule has 0 saturated heterocycles. The van der Waals surface area contributed by atoms with Gasteiger partial charge in [-0.05, 0) is 38.0 Å². The van der Waals surface area contributed by atoms with Crippen LogP contribution in [0, 0.1) is 12.7 Å². The third-order valence-corrected chi connectivity index (χ3v) is 3.68. The number of carbonyl (C=O) groups excluding carboxylic acids is 1. The third-order valence-electron chi connectivity index (χ3n) is 3.68. The van der Waals surface area contributed by atoms with Crippen molar-refractivity contribution in [3.8, 4) is 0 Å². The molecule has 23 heavy (non-hydrogen) atoms. The average Bonchev–Trinajstić information content (AvgIpc) is 2.52. The van der Waals surface area contributed by atoms with E-state index in [-0.39, 0.29) is 24.8 Å². The molecule has 0 spiro atoms. The second-order valence-electron chi connectivity index (χ2n) is 5.32. The summed E-state index contributed by atoms with van der Waals surface area (Å²) < 4.78 is 18.9. The van der Waals surface area contributed by atoms with Crippen LogP contribution in [0.15, 0.2) is 18.3 Å². The average molecular weight is 320 g/mol. The first-order chi connectivity index (χ1) is 11.0. The Hall–Kier alpha value is -2.21. The molecule has 0 radical (unpaired) electrons. The Morgan fingerprint density at radius 3 is 2.78 bits per heavy atom. The van der Waals surface area contributed by atoms with Gasteiger partial charge in [0.2, 0.25) is 0 Å². The van der Waals surface area contributed by atoms with Crippen molar-refractivity contribution >= 4 is 22.6 Å². The van der Waals surface area contributed by atoms with Crippen LogP contribution in [-0.2, 0) is 4.74 Å². The van der Waals surface area contributed by atoms with E-state index in [2.05, 4.69) is 10.3 Å². The molecule has 0 saturated carbocycles. The summed E-state index contributed by atoms with van der Waals surface area (Å²) in [7, 11) is 0. The van der Waals surface area contributed by atoms with E-state index < -0.39 is 11.8 Å². The van der Waals surface area contributed by atoms with E-state index in [0.717, 1.165) is 0 Å². The summed E-state index contributed by atoms with van der Waals surface area (Å²) in [6.07, 6.45) is 2.08. The molecule has 0 unspecified atom stereocenters. The van der Waals surface area contributed by atoms with Crippen LogP contribution in [0.2, 0.25) is 0 Å². The van der Waals surface area contributed by atoms with Crippen molar-refractivity contribution in [1.29, 1.82) is 0 Å². The normalized spacial score (nSPS) is 12.2. The minimum absolute atomic E-state index is 0.100. The number of halogens is 1. The summed E-state index contributed by atoms with van der Waals surface area (Å²) in [6.45, 7) is 5.52. The van der Waals surface area contributed by atoms with Crippen molar-refractivity contribution in [2.75, 3.05) is 18.5 Å². The molecule has 6 heteroatoms. The number of esters is 1. The van der Waals surface area contributed by atoms with Crippen LogP contribution in [0.3, 0.4) is 0 Å². The second-order valence-corrected chi connectivity index (χ2v) is 5.32. The maximum atomic E-state index is 13.8. The number of fused-ring (bicyclic) bond motifs is 1. The molecule has 0 aliphatic rings. The van der Waals surface area contributed by atoms with Crippen LogP contribution in [0.25, 0.3) is 10.9 Å². The zero-order valence-electron chi connectivity index (χ0n) is 13.5. The molecule has 1 aromatic heterocycles. The minimum atomic E-state index is -0.529. The molecule has 124 valence electrons. The van der Waals surface area contributed by atoms with Gasteiger partial charge in [0.15, 0.2) is 0 Å². The topological polar surface area (TPSA) is 71.5 Å². The van der Waals surface area contributed by atoms with E-state index in [9.17, 15) is 14.3 Å². The summed E-state index contributed by atoms with van der Waals surface area (Å²) in [5.41, 5.74) is 1.96. The maximum absolute atomic E-state index is 13.8. The van der Waals surface area contributed by atoms with Crippen molar-refractivity contribution in [2.24, 2.45) is 0 Å². The fourth-order valence-electron chi connectivity index (χ4n) is 2.44. The lowest BCUT2D eigenvalue weighted by Crippen LogP contribution is -2.24. The molecule has 0 amide bonds. The fourth-order valence-corrected chi connectivity index (χ4v) is 2.44. The predicted molar refractivity (Wildman–Crippen MR) is 87.2 cm³/mol. The van der Waals surface area contributed by atoms with Crippen molar-refractivity contribution in [1.82, 2.24) is 4.98 Å². The lowest BCUT2D eigenvalue weighted by molar-refractivity contribution is 0.0527. The minimum Gasteiger partial charge on any atom is -0.462 e. The number of benzene rings is 1. The molecule has 2 rings (SSSR count). The predicted octanol–water partition coefficient (Wildman–Crippen LogP) is 3.04. The number of nitrogens with one attached hydrogen (secondary N) is 1. The highest BCUT2D eigenvalue weighted by molar-refractivity contribution is 6.05. The monoisotopic (exact) mass is 320 g/mol. The number of pyridine rings is 1. The van der Waals surface area contributed by atoms with E-state index in [4.69, 9.17) is 4.74 Å². The Bertz CT molecular complexity index is 715. The van der Waals surface area contributed by atoms with Crippen LogP contribution < -0.4 is 5.32 Å². The Balaban J connectivity index is 2.67. The molecule has 0 aliphatic carbocycles. The van der Waals surface area contributed by atoms with Gasteiger partial charge in [0.25, 0.3) is 0 Å². The smallest absolute Gasteiger partial charge is 0.341 e. The molecule has 1 heterocycles. The Labute approximate surface area is 134 Å². The highest BCUT2D eigenvalue weighted by atomic mass is 19.1. The van der Waals surface area contributed by atoms with E-state index >= 15 is 0 Å². The molecule has 2 N–H and O–H groups in total. The van der Waals surface area contributed by atoms with E-state index in [0.29, 0.717) is 28.6 Å². The molecule has 0 aliphatic heterocycles. The zero-order valence-corrected chi connectivity index (χ0v) is 13.5. The number of nitrogens with zero attached hydrogens (tertiary/aromatic N) is 1. The summed E-state index contributed by atoms with van der Waals surface area (Å²) in [4.78, 5) is 16.5. The fraction of sp³-hybridized carbons (Fsp3) is 0.412. The number of aliphatic hydroxyl groups is 1. The SMILES string of the molecule is CCOC(=O)c1cnc2c(C)cc(F)cc2c1N[C@H](CC)CO. The van der Waals surface area contributed by atoms with Crippen LogP contribution in [-0.4, -0.2) is 35.3 Å². The quantitative estimate of drug-likeness (QED) is 0.801. The summed E-state index contributed by atoms with van der Waals surface area (Å²) in [5, 5.41) is 13.1. The van der Waals surface area contributed by atoms with Gasteiger partial charge >= 0.3 is 5.97 Å². The van der Waals surface area contributed by atoms with Crippen molar-refractivity contribution in [3.63, 3.8) is 0 Å². The van der Waals surface area contributed by atoms with Gasteiger partial charge in [-0.2, -0.15) is 0 Å². The molecule has 1 atom stereocenters. The van der Waals surface area contributed by atoms with Crippen molar-refractivity contribution in [3.05, 3.63) is 35.3 Å². The number of aryl methyl sites for hydroxylation is 1. The van der Waals surface area contributed by atoms with Crippen LogP contribution in [0.1, 0.15) is 36.2 Å². The van der Waals surface area contributed by atoms with Crippen LogP contribution >= 0.6 is 0 Å². The molecule has 0 fully saturated rings. The highest BCUT2D eigenvalue weighted by Crippen LogP contribution is 2.30. The first kappa shape index (κ1) is 17.1. The first-order valence-corrected chi connectivity index (χ1v) is 7.65. The van der Waals surface area contributed by atoms with E-state index in [1.165, 1.54) is 18.3 Å². The van der Waals surface area contributed by atoms with Gasteiger partial charge in [-0.1, -0.05) is 6.92 Å². The standard InChI is InChI=1S/C17H21FN2O3/c1-4-12(9-21)20-16-13-7-11(18)6-10(3)15(13)19-8-14(16)17(22)23-5-2/h6-8,12,21H,4-5,9H2,1-3H3,(H,19,20)/t12-/m1/s1. The van der Waals surface area contributed by atoms with Gasteiger partial charge in [0.1, 0.15) is 11.4 Å². The number of ether oxygens (including phenoxy) is 1. The molecule has 1 aromatic carbocycles. The number of aliphatic hydroxyl groups excluding tert-OH is 1. The number of aromatic nitrogens is 1. The Morgan fingerprint density at radius 1 is 1.43 bits per heavy atom. The first-order valence-electron chi connectivity index (χ1n) is 7.65. The maximum Gasteiger partial charge on any atom is 0.341 e. The van der Waals surface area contributed by atoms with Crippen molar-refractivity contribution < 1.29 is 19.0 Å². The lowest BCUT2D eigenvalue weighted by atomic mass is 10.0. The molecule has 2 aromatic rings. The van der Waals surface area contributed by atoms with Crippen LogP contribution in [0.5, 0.6) is 0 Å². The Morgan fingerprint density at radius 2 is 2.17 bits per heavy atom. The van der Waals surface area contributed by atoms with Gasteiger partial charge in [-0.15, -0.1) is 0 Å². The number of anilines is 1. The van der Waals surface area contributed by atoms with Crippen LogP contribution in [0.4, 0.5) is 10.1 Å². The largest absolute Gasteiger partial charge is 0.462 e. The Kier molecular flexibility index (Phi) is 5.50. The zero-order chi connectivity index (χ0) is 17.0. The summed E-state index contributed by atoms with van der Waals surface area (Å²) >= 11 is 0. The number of carbonyl (C=O) groups is 1. The second kappa shape index (κ2) is 7.37. The number of hydrogen-bond donors (Lipinski definition) is 2. The number of rotatable bonds is 6. The summed E-state index contributed by atoms with van der Waals surface area (Å²) in [6, 6.07) is 2.48. The van der Waals surface area contributed by atoms with Gasteiger partial charge in [-0.3, -0.25) is 4.98 Å². The number of hydrogen-bond acceptors (Lipinski definition) is 5. The van der Waals surface area contributed by atoms with E-state index in [1.807, 2.05) is 6.92 Å². The lowest BCUT2D eigenvalue weighted by Gasteiger charge is -2.20. The molecule has 0 bridgehead atoms. The molecular formula is C17H21FN2O3. The van der Waals surface area contributed by atoms with Crippen molar-refractivity contribution in [2.45, 2.75) is 33.2 Å². The van der Waals surface area contributed by atoms with Gasteiger partial charge < -0.3 is 15.2 Å². The highest BCUT2D eigenvalue weighted by Gasteiger charge is 2.20. The molecular weight excluding hydrogens is 299 g/mol. The van der Waals surface area contributed by atoms with Gasteiger partial charge in [-0.25, -0.2) is 9.18 Å². The molecule has 5 nitrogen and oxygen atoms in total. The van der Waals surface area contributed by atoms with E-state index in [1.54, 1.807) is 13.8 Å². The van der Waals surface area contributed by atoms with Gasteiger partial charge in [0, 0.05) is 17.6 Å². The summed E-state index contributed by atoms with van der Waals surface area (Å²) in [5.74, 6) is -0.933.